The molecule has 0 amide bonds. The first-order chi connectivity index (χ1) is 10.2. The molecule has 0 N–H and O–H groups in total. The summed E-state index contributed by atoms with van der Waals surface area (Å²) in [6, 6.07) is 8.47. The highest BCUT2D eigenvalue weighted by Gasteiger charge is 2.57. The average Bonchev–Trinajstić information content (AvgIpc) is 2.51. The number of benzene rings is 1. The van der Waals surface area contributed by atoms with E-state index in [9.17, 15) is 0 Å². The summed E-state index contributed by atoms with van der Waals surface area (Å²) in [7, 11) is 0. The zero-order chi connectivity index (χ0) is 14.4. The van der Waals surface area contributed by atoms with Crippen LogP contribution in [0, 0.1) is 23.7 Å². The third kappa shape index (κ3) is 2.05. The smallest absolute Gasteiger partial charge is 0.120 e. The minimum Gasteiger partial charge on any atom is -0.487 e. The van der Waals surface area contributed by atoms with E-state index in [-0.39, 0.29) is 5.60 Å². The normalized spacial score (nSPS) is 40.2. The quantitative estimate of drug-likeness (QED) is 0.727. The maximum Gasteiger partial charge on any atom is 0.120 e. The van der Waals surface area contributed by atoms with Crippen molar-refractivity contribution in [3.8, 4) is 5.75 Å². The van der Waals surface area contributed by atoms with Crippen LogP contribution in [0.1, 0.15) is 51.0 Å². The SMILES string of the molecule is C=Cc1ccc(OC2(CC)C3CC4CC(C3)CC2C4)cc1. The predicted octanol–water partition coefficient (Wildman–Crippen LogP) is 5.31. The van der Waals surface area contributed by atoms with Crippen molar-refractivity contribution in [1.29, 1.82) is 0 Å². The monoisotopic (exact) mass is 282 g/mol. The maximum atomic E-state index is 6.69. The second-order valence-electron chi connectivity index (χ2n) is 7.49. The lowest BCUT2D eigenvalue weighted by Crippen LogP contribution is -2.60. The molecule has 0 aromatic heterocycles. The van der Waals surface area contributed by atoms with Crippen molar-refractivity contribution in [3.05, 3.63) is 36.4 Å². The topological polar surface area (TPSA) is 9.23 Å². The molecule has 0 unspecified atom stereocenters. The van der Waals surface area contributed by atoms with Gasteiger partial charge in [0, 0.05) is 0 Å². The van der Waals surface area contributed by atoms with Crippen molar-refractivity contribution < 1.29 is 4.74 Å². The summed E-state index contributed by atoms with van der Waals surface area (Å²) < 4.78 is 6.69. The third-order valence-corrected chi connectivity index (χ3v) is 6.50. The molecule has 1 nitrogen and oxygen atoms in total. The Balaban J connectivity index is 1.62. The first-order valence-electron chi connectivity index (χ1n) is 8.65. The second kappa shape index (κ2) is 4.90. The molecule has 1 heteroatoms. The van der Waals surface area contributed by atoms with Gasteiger partial charge in [-0.15, -0.1) is 0 Å². The third-order valence-electron chi connectivity index (χ3n) is 6.50. The molecule has 0 atom stereocenters. The standard InChI is InChI=1S/C20H26O/c1-3-14-5-7-19(8-6-14)21-20(4-2)17-10-15-9-16(12-17)13-18(20)11-15/h3,5-8,15-18H,1,4,9-13H2,2H3. The molecule has 1 aromatic rings. The van der Waals surface area contributed by atoms with Crippen molar-refractivity contribution in [2.45, 2.75) is 51.0 Å². The molecule has 0 radical (unpaired) electrons. The fourth-order valence-electron chi connectivity index (χ4n) is 5.69. The van der Waals surface area contributed by atoms with Gasteiger partial charge in [-0.2, -0.15) is 0 Å². The Labute approximate surface area is 128 Å². The summed E-state index contributed by atoms with van der Waals surface area (Å²) in [5, 5.41) is 0. The number of hydrogen-bond acceptors (Lipinski definition) is 1. The Morgan fingerprint density at radius 3 is 2.10 bits per heavy atom. The molecule has 4 aliphatic carbocycles. The van der Waals surface area contributed by atoms with Crippen LogP contribution in [0.25, 0.3) is 6.08 Å². The lowest BCUT2D eigenvalue weighted by Gasteiger charge is -2.60. The first kappa shape index (κ1) is 13.4. The van der Waals surface area contributed by atoms with Gasteiger partial charge in [0.15, 0.2) is 0 Å². The molecule has 4 aliphatic rings. The molecule has 4 saturated carbocycles. The van der Waals surface area contributed by atoms with E-state index >= 15 is 0 Å². The van der Waals surface area contributed by atoms with Gasteiger partial charge >= 0.3 is 0 Å². The molecule has 0 spiro atoms. The minimum atomic E-state index is 0.114. The molecule has 1 aromatic carbocycles. The van der Waals surface area contributed by atoms with Crippen LogP contribution in [-0.4, -0.2) is 5.60 Å². The molecular weight excluding hydrogens is 256 g/mol. The van der Waals surface area contributed by atoms with Crippen molar-refractivity contribution in [1.82, 2.24) is 0 Å². The van der Waals surface area contributed by atoms with Gasteiger partial charge in [-0.25, -0.2) is 0 Å². The summed E-state index contributed by atoms with van der Waals surface area (Å²) in [6.07, 6.45) is 10.2. The average molecular weight is 282 g/mol. The van der Waals surface area contributed by atoms with Gasteiger partial charge in [0.1, 0.15) is 11.4 Å². The highest BCUT2D eigenvalue weighted by Crippen LogP contribution is 2.60. The summed E-state index contributed by atoms with van der Waals surface area (Å²) in [5.41, 5.74) is 1.28. The van der Waals surface area contributed by atoms with Crippen LogP contribution in [0.3, 0.4) is 0 Å². The van der Waals surface area contributed by atoms with Crippen LogP contribution in [0.5, 0.6) is 5.75 Å². The minimum absolute atomic E-state index is 0.114. The van der Waals surface area contributed by atoms with E-state index in [1.54, 1.807) is 0 Å². The van der Waals surface area contributed by atoms with Crippen LogP contribution in [0.15, 0.2) is 30.8 Å². The van der Waals surface area contributed by atoms with Gasteiger partial charge in [0.25, 0.3) is 0 Å². The van der Waals surface area contributed by atoms with Gasteiger partial charge in [0.2, 0.25) is 0 Å². The number of hydrogen-bond donors (Lipinski definition) is 0. The zero-order valence-corrected chi connectivity index (χ0v) is 13.1. The van der Waals surface area contributed by atoms with Crippen molar-refractivity contribution in [2.24, 2.45) is 23.7 Å². The van der Waals surface area contributed by atoms with Gasteiger partial charge in [0.05, 0.1) is 0 Å². The van der Waals surface area contributed by atoms with E-state index in [1.165, 1.54) is 32.1 Å². The summed E-state index contributed by atoms with van der Waals surface area (Å²) in [5.74, 6) is 4.63. The highest BCUT2D eigenvalue weighted by molar-refractivity contribution is 5.48. The van der Waals surface area contributed by atoms with E-state index in [1.807, 2.05) is 6.08 Å². The lowest BCUT2D eigenvalue weighted by atomic mass is 9.49. The largest absolute Gasteiger partial charge is 0.487 e. The molecule has 0 aliphatic heterocycles. The fourth-order valence-corrected chi connectivity index (χ4v) is 5.69. The zero-order valence-electron chi connectivity index (χ0n) is 13.1. The number of rotatable bonds is 4. The van der Waals surface area contributed by atoms with E-state index in [0.29, 0.717) is 0 Å². The number of ether oxygens (including phenoxy) is 1. The lowest BCUT2D eigenvalue weighted by molar-refractivity contribution is -0.157. The van der Waals surface area contributed by atoms with Crippen LogP contribution in [-0.2, 0) is 0 Å². The molecule has 4 fully saturated rings. The van der Waals surface area contributed by atoms with E-state index < -0.39 is 0 Å². The summed E-state index contributed by atoms with van der Waals surface area (Å²) >= 11 is 0. The van der Waals surface area contributed by atoms with Gasteiger partial charge in [-0.05, 0) is 79.9 Å². The summed E-state index contributed by atoms with van der Waals surface area (Å²) in [4.78, 5) is 0. The van der Waals surface area contributed by atoms with Gasteiger partial charge in [-0.1, -0.05) is 31.7 Å². The highest BCUT2D eigenvalue weighted by atomic mass is 16.5. The predicted molar refractivity (Wildman–Crippen MR) is 87.2 cm³/mol. The molecule has 112 valence electrons. The fraction of sp³-hybridized carbons (Fsp3) is 0.600. The van der Waals surface area contributed by atoms with Gasteiger partial charge in [-0.3, -0.25) is 0 Å². The Morgan fingerprint density at radius 2 is 1.62 bits per heavy atom. The van der Waals surface area contributed by atoms with Crippen LogP contribution < -0.4 is 4.74 Å². The molecule has 5 rings (SSSR count). The Hall–Kier alpha value is -1.24. The first-order valence-corrected chi connectivity index (χ1v) is 8.65. The van der Waals surface area contributed by atoms with E-state index in [0.717, 1.165) is 41.4 Å². The Kier molecular flexibility index (Phi) is 3.13. The molecule has 4 bridgehead atoms. The summed E-state index contributed by atoms with van der Waals surface area (Å²) in [6.45, 7) is 6.16. The van der Waals surface area contributed by atoms with Gasteiger partial charge < -0.3 is 4.74 Å². The van der Waals surface area contributed by atoms with E-state index in [4.69, 9.17) is 4.74 Å². The molecule has 0 heterocycles. The van der Waals surface area contributed by atoms with Crippen molar-refractivity contribution in [3.63, 3.8) is 0 Å². The van der Waals surface area contributed by atoms with Crippen LogP contribution in [0.2, 0.25) is 0 Å². The van der Waals surface area contributed by atoms with Crippen LogP contribution >= 0.6 is 0 Å². The van der Waals surface area contributed by atoms with Crippen molar-refractivity contribution in [2.75, 3.05) is 0 Å². The molecule has 21 heavy (non-hydrogen) atoms. The second-order valence-corrected chi connectivity index (χ2v) is 7.49. The van der Waals surface area contributed by atoms with Crippen LogP contribution in [0.4, 0.5) is 0 Å². The molecule has 0 saturated heterocycles. The van der Waals surface area contributed by atoms with Crippen molar-refractivity contribution >= 4 is 6.08 Å². The Bertz CT molecular complexity index is 499. The maximum absolute atomic E-state index is 6.69. The Morgan fingerprint density at radius 1 is 1.05 bits per heavy atom. The van der Waals surface area contributed by atoms with E-state index in [2.05, 4.69) is 37.8 Å². The molecular formula is C20H26O.